The summed E-state index contributed by atoms with van der Waals surface area (Å²) in [6, 6.07) is 5.01. The minimum atomic E-state index is -0.356. The molecule has 4 heteroatoms. The van der Waals surface area contributed by atoms with E-state index in [-0.39, 0.29) is 5.97 Å². The Morgan fingerprint density at radius 1 is 1.15 bits per heavy atom. The van der Waals surface area contributed by atoms with Gasteiger partial charge >= 0.3 is 5.97 Å². The van der Waals surface area contributed by atoms with E-state index in [1.807, 2.05) is 0 Å². The van der Waals surface area contributed by atoms with Crippen molar-refractivity contribution in [3.63, 3.8) is 0 Å². The van der Waals surface area contributed by atoms with Crippen molar-refractivity contribution in [2.24, 2.45) is 0 Å². The van der Waals surface area contributed by atoms with Crippen molar-refractivity contribution in [2.75, 3.05) is 18.9 Å². The van der Waals surface area contributed by atoms with Crippen molar-refractivity contribution in [3.05, 3.63) is 23.8 Å². The van der Waals surface area contributed by atoms with Gasteiger partial charge in [0.05, 0.1) is 24.5 Å². The Labute approximate surface area is 121 Å². The van der Waals surface area contributed by atoms with Gasteiger partial charge in [0.25, 0.3) is 0 Å². The summed E-state index contributed by atoms with van der Waals surface area (Å²) in [7, 11) is 0. The molecule has 1 aromatic rings. The highest BCUT2D eigenvalue weighted by molar-refractivity contribution is 5.91. The van der Waals surface area contributed by atoms with Crippen molar-refractivity contribution in [3.8, 4) is 5.75 Å². The van der Waals surface area contributed by atoms with Gasteiger partial charge in [-0.3, -0.25) is 0 Å². The predicted molar refractivity (Wildman–Crippen MR) is 81.1 cm³/mol. The summed E-state index contributed by atoms with van der Waals surface area (Å²) in [4.78, 5) is 11.6. The van der Waals surface area contributed by atoms with Crippen LogP contribution < -0.4 is 10.5 Å². The van der Waals surface area contributed by atoms with Crippen LogP contribution in [0.25, 0.3) is 0 Å². The van der Waals surface area contributed by atoms with Crippen molar-refractivity contribution in [1.29, 1.82) is 0 Å². The number of nitrogens with two attached hydrogens (primary N) is 1. The van der Waals surface area contributed by atoms with Crippen LogP contribution in [-0.4, -0.2) is 19.2 Å². The van der Waals surface area contributed by atoms with E-state index < -0.39 is 0 Å². The van der Waals surface area contributed by atoms with Gasteiger partial charge in [0.1, 0.15) is 5.75 Å². The molecule has 0 aliphatic rings. The molecular formula is C16H25NO3. The Morgan fingerprint density at radius 2 is 1.90 bits per heavy atom. The van der Waals surface area contributed by atoms with E-state index in [0.29, 0.717) is 30.2 Å². The van der Waals surface area contributed by atoms with Crippen molar-refractivity contribution in [2.45, 2.75) is 46.0 Å². The Balaban J connectivity index is 2.42. The van der Waals surface area contributed by atoms with Crippen molar-refractivity contribution in [1.82, 2.24) is 0 Å². The number of carbonyl (C=O) groups is 1. The van der Waals surface area contributed by atoms with Crippen LogP contribution in [0.2, 0.25) is 0 Å². The van der Waals surface area contributed by atoms with E-state index in [2.05, 4.69) is 6.92 Å². The quantitative estimate of drug-likeness (QED) is 0.424. The predicted octanol–water partition coefficient (Wildman–Crippen LogP) is 3.79. The second-order valence-electron chi connectivity index (χ2n) is 4.74. The zero-order chi connectivity index (χ0) is 14.8. The lowest BCUT2D eigenvalue weighted by atomic mass is 10.1. The topological polar surface area (TPSA) is 61.5 Å². The minimum Gasteiger partial charge on any atom is -0.491 e. The molecule has 0 bridgehead atoms. The first-order valence-corrected chi connectivity index (χ1v) is 7.38. The van der Waals surface area contributed by atoms with E-state index in [4.69, 9.17) is 15.2 Å². The number of benzene rings is 1. The van der Waals surface area contributed by atoms with Crippen LogP contribution in [0.3, 0.4) is 0 Å². The molecule has 0 amide bonds. The normalized spacial score (nSPS) is 10.3. The van der Waals surface area contributed by atoms with Crippen LogP contribution in [0.1, 0.15) is 56.3 Å². The number of hydrogen-bond donors (Lipinski definition) is 1. The fraction of sp³-hybridized carbons (Fsp3) is 0.562. The average molecular weight is 279 g/mol. The fourth-order valence-electron chi connectivity index (χ4n) is 1.91. The first-order chi connectivity index (χ1) is 9.69. The molecule has 0 aromatic heterocycles. The van der Waals surface area contributed by atoms with Gasteiger partial charge in [-0.25, -0.2) is 4.79 Å². The molecule has 0 fully saturated rings. The second-order valence-corrected chi connectivity index (χ2v) is 4.74. The summed E-state index contributed by atoms with van der Waals surface area (Å²) in [6.07, 6.45) is 5.96. The highest BCUT2D eigenvalue weighted by Gasteiger charge is 2.09. The molecule has 0 saturated carbocycles. The summed E-state index contributed by atoms with van der Waals surface area (Å²) in [5.41, 5.74) is 6.82. The standard InChI is InChI=1S/C16H25NO3/c1-3-5-6-7-8-11-20-15-10-9-13(12-14(15)17)16(18)19-4-2/h9-10,12H,3-8,11,17H2,1-2H3. The van der Waals surface area contributed by atoms with Gasteiger partial charge in [-0.1, -0.05) is 32.6 Å². The third-order valence-electron chi connectivity index (χ3n) is 3.03. The van der Waals surface area contributed by atoms with Crippen LogP contribution >= 0.6 is 0 Å². The number of hydrogen-bond acceptors (Lipinski definition) is 4. The molecule has 2 N–H and O–H groups in total. The Morgan fingerprint density at radius 3 is 2.55 bits per heavy atom. The first kappa shape index (κ1) is 16.3. The maximum Gasteiger partial charge on any atom is 0.338 e. The van der Waals surface area contributed by atoms with E-state index >= 15 is 0 Å². The number of ether oxygens (including phenoxy) is 2. The van der Waals surface area contributed by atoms with Gasteiger partial charge in [-0.2, -0.15) is 0 Å². The molecule has 0 radical (unpaired) electrons. The maximum absolute atomic E-state index is 11.6. The summed E-state index contributed by atoms with van der Waals surface area (Å²) in [5.74, 6) is 0.277. The number of carbonyl (C=O) groups excluding carboxylic acids is 1. The molecule has 0 aliphatic heterocycles. The van der Waals surface area contributed by atoms with E-state index in [9.17, 15) is 4.79 Å². The monoisotopic (exact) mass is 279 g/mol. The number of nitrogen functional groups attached to an aromatic ring is 1. The lowest BCUT2D eigenvalue weighted by Gasteiger charge is -2.10. The molecule has 1 rings (SSSR count). The molecule has 1 aromatic carbocycles. The SMILES string of the molecule is CCCCCCCOc1ccc(C(=O)OCC)cc1N. The highest BCUT2D eigenvalue weighted by atomic mass is 16.5. The van der Waals surface area contributed by atoms with Gasteiger partial charge in [0.15, 0.2) is 0 Å². The third kappa shape index (κ3) is 5.51. The van der Waals surface area contributed by atoms with Gasteiger partial charge in [0, 0.05) is 0 Å². The lowest BCUT2D eigenvalue weighted by molar-refractivity contribution is 0.0526. The fourth-order valence-corrected chi connectivity index (χ4v) is 1.91. The van der Waals surface area contributed by atoms with Crippen LogP contribution in [0.4, 0.5) is 5.69 Å². The second kappa shape index (κ2) is 9.23. The third-order valence-corrected chi connectivity index (χ3v) is 3.03. The number of unbranched alkanes of at least 4 members (excludes halogenated alkanes) is 4. The molecule has 0 atom stereocenters. The molecular weight excluding hydrogens is 254 g/mol. The maximum atomic E-state index is 11.6. The minimum absolute atomic E-state index is 0.356. The Bertz CT molecular complexity index is 418. The molecule has 0 unspecified atom stereocenters. The molecule has 4 nitrogen and oxygen atoms in total. The average Bonchev–Trinajstić information content (AvgIpc) is 2.44. The Hall–Kier alpha value is -1.71. The molecule has 112 valence electrons. The van der Waals surface area contributed by atoms with Crippen molar-refractivity contribution < 1.29 is 14.3 Å². The van der Waals surface area contributed by atoms with Gasteiger partial charge in [-0.15, -0.1) is 0 Å². The van der Waals surface area contributed by atoms with Crippen LogP contribution in [0.15, 0.2) is 18.2 Å². The van der Waals surface area contributed by atoms with Crippen LogP contribution in [0.5, 0.6) is 5.75 Å². The first-order valence-electron chi connectivity index (χ1n) is 7.38. The number of anilines is 1. The zero-order valence-corrected chi connectivity index (χ0v) is 12.5. The summed E-state index contributed by atoms with van der Waals surface area (Å²) < 4.78 is 10.6. The number of esters is 1. The largest absolute Gasteiger partial charge is 0.491 e. The van der Waals surface area contributed by atoms with Crippen LogP contribution in [0, 0.1) is 0 Å². The molecule has 20 heavy (non-hydrogen) atoms. The molecule has 0 aliphatic carbocycles. The van der Waals surface area contributed by atoms with E-state index in [1.165, 1.54) is 25.7 Å². The molecule has 0 heterocycles. The number of rotatable bonds is 9. The lowest BCUT2D eigenvalue weighted by Crippen LogP contribution is -2.06. The molecule has 0 saturated heterocycles. The van der Waals surface area contributed by atoms with E-state index in [0.717, 1.165) is 6.42 Å². The smallest absolute Gasteiger partial charge is 0.338 e. The van der Waals surface area contributed by atoms with Gasteiger partial charge in [-0.05, 0) is 31.5 Å². The summed E-state index contributed by atoms with van der Waals surface area (Å²) >= 11 is 0. The van der Waals surface area contributed by atoms with Gasteiger partial charge in [0.2, 0.25) is 0 Å². The Kier molecular flexibility index (Phi) is 7.55. The zero-order valence-electron chi connectivity index (χ0n) is 12.5. The van der Waals surface area contributed by atoms with Gasteiger partial charge < -0.3 is 15.2 Å². The summed E-state index contributed by atoms with van der Waals surface area (Å²) in [6.45, 7) is 4.99. The van der Waals surface area contributed by atoms with Crippen LogP contribution in [-0.2, 0) is 4.74 Å². The van der Waals surface area contributed by atoms with Crippen molar-refractivity contribution >= 4 is 11.7 Å². The highest BCUT2D eigenvalue weighted by Crippen LogP contribution is 2.23. The summed E-state index contributed by atoms with van der Waals surface area (Å²) in [5, 5.41) is 0. The van der Waals surface area contributed by atoms with E-state index in [1.54, 1.807) is 25.1 Å². The molecule has 0 spiro atoms.